The number of nitrogens with two attached hydrogens (primary N) is 1. The highest BCUT2D eigenvalue weighted by atomic mass is 16.3. The fraction of sp³-hybridized carbons (Fsp3) is 0.571. The summed E-state index contributed by atoms with van der Waals surface area (Å²) in [7, 11) is 0. The van der Waals surface area contributed by atoms with Crippen molar-refractivity contribution in [2.24, 2.45) is 0 Å². The number of hydrogen-bond acceptors (Lipinski definition) is 3. The maximum Gasteiger partial charge on any atom is 0.0602 e. The SMILES string of the molecule is Cc1ccc(N(CCCO)C2CCC2)c(N)c1. The van der Waals surface area contributed by atoms with Gasteiger partial charge >= 0.3 is 0 Å². The molecule has 0 aromatic heterocycles. The Bertz CT molecular complexity index is 374. The molecule has 1 fully saturated rings. The Balaban J connectivity index is 2.17. The minimum atomic E-state index is 0.245. The molecule has 1 saturated carbocycles. The molecule has 3 nitrogen and oxygen atoms in total. The van der Waals surface area contributed by atoms with E-state index < -0.39 is 0 Å². The summed E-state index contributed by atoms with van der Waals surface area (Å²) in [4.78, 5) is 2.37. The zero-order chi connectivity index (χ0) is 12.3. The predicted octanol–water partition coefficient (Wildman–Crippen LogP) is 2.32. The zero-order valence-electron chi connectivity index (χ0n) is 10.5. The first kappa shape index (κ1) is 12.2. The van der Waals surface area contributed by atoms with Gasteiger partial charge in [0.05, 0.1) is 11.4 Å². The lowest BCUT2D eigenvalue weighted by atomic mass is 9.90. The average molecular weight is 234 g/mol. The summed E-state index contributed by atoms with van der Waals surface area (Å²) in [6.07, 6.45) is 4.62. The number of anilines is 2. The highest BCUT2D eigenvalue weighted by molar-refractivity contribution is 5.69. The third kappa shape index (κ3) is 2.72. The molecular formula is C14H22N2O. The highest BCUT2D eigenvalue weighted by Crippen LogP contribution is 2.33. The van der Waals surface area contributed by atoms with Crippen LogP contribution in [0.15, 0.2) is 18.2 Å². The van der Waals surface area contributed by atoms with Gasteiger partial charge in [0.15, 0.2) is 0 Å². The summed E-state index contributed by atoms with van der Waals surface area (Å²) in [5.74, 6) is 0. The number of nitrogen functional groups attached to an aromatic ring is 1. The second-order valence-corrected chi connectivity index (χ2v) is 4.92. The maximum atomic E-state index is 8.99. The Morgan fingerprint density at radius 2 is 2.18 bits per heavy atom. The standard InChI is InChI=1S/C14H22N2O/c1-11-6-7-14(13(15)10-11)16(8-3-9-17)12-4-2-5-12/h6-7,10,12,17H,2-5,8-9,15H2,1H3. The quantitative estimate of drug-likeness (QED) is 0.769. The van der Waals surface area contributed by atoms with Crippen molar-refractivity contribution in [2.75, 3.05) is 23.8 Å². The van der Waals surface area contributed by atoms with Crippen molar-refractivity contribution < 1.29 is 5.11 Å². The van der Waals surface area contributed by atoms with Crippen LogP contribution in [-0.4, -0.2) is 24.3 Å². The molecule has 0 saturated heterocycles. The second-order valence-electron chi connectivity index (χ2n) is 4.92. The van der Waals surface area contributed by atoms with Crippen molar-refractivity contribution in [1.29, 1.82) is 0 Å². The molecule has 2 rings (SSSR count). The molecule has 94 valence electrons. The fourth-order valence-electron chi connectivity index (χ4n) is 2.37. The number of hydrogen-bond donors (Lipinski definition) is 2. The molecule has 17 heavy (non-hydrogen) atoms. The summed E-state index contributed by atoms with van der Waals surface area (Å²) in [6, 6.07) is 6.86. The van der Waals surface area contributed by atoms with Crippen LogP contribution in [0.5, 0.6) is 0 Å². The largest absolute Gasteiger partial charge is 0.397 e. The average Bonchev–Trinajstić information content (AvgIpc) is 2.22. The third-order valence-electron chi connectivity index (χ3n) is 3.57. The monoisotopic (exact) mass is 234 g/mol. The van der Waals surface area contributed by atoms with E-state index in [0.29, 0.717) is 6.04 Å². The van der Waals surface area contributed by atoms with Crippen LogP contribution in [0.4, 0.5) is 11.4 Å². The van der Waals surface area contributed by atoms with Crippen LogP contribution < -0.4 is 10.6 Å². The van der Waals surface area contributed by atoms with Gasteiger partial charge < -0.3 is 15.7 Å². The lowest BCUT2D eigenvalue weighted by molar-refractivity contribution is 0.283. The van der Waals surface area contributed by atoms with Gasteiger partial charge in [0.2, 0.25) is 0 Å². The summed E-state index contributed by atoms with van der Waals surface area (Å²) in [5.41, 5.74) is 9.29. The molecule has 0 unspecified atom stereocenters. The first-order valence-electron chi connectivity index (χ1n) is 6.46. The predicted molar refractivity (Wildman–Crippen MR) is 72.3 cm³/mol. The van der Waals surface area contributed by atoms with Crippen molar-refractivity contribution in [3.63, 3.8) is 0 Å². The van der Waals surface area contributed by atoms with Crippen molar-refractivity contribution in [3.8, 4) is 0 Å². The fourth-order valence-corrected chi connectivity index (χ4v) is 2.37. The van der Waals surface area contributed by atoms with Gasteiger partial charge in [-0.2, -0.15) is 0 Å². The highest BCUT2D eigenvalue weighted by Gasteiger charge is 2.25. The zero-order valence-corrected chi connectivity index (χ0v) is 10.5. The first-order chi connectivity index (χ1) is 8.22. The molecule has 1 aliphatic rings. The number of nitrogens with zero attached hydrogens (tertiary/aromatic N) is 1. The molecule has 0 radical (unpaired) electrons. The second kappa shape index (κ2) is 5.41. The van der Waals surface area contributed by atoms with Crippen LogP contribution >= 0.6 is 0 Å². The molecule has 0 atom stereocenters. The van der Waals surface area contributed by atoms with Crippen molar-refractivity contribution in [2.45, 2.75) is 38.6 Å². The minimum Gasteiger partial charge on any atom is -0.397 e. The number of benzene rings is 1. The Morgan fingerprint density at radius 3 is 2.71 bits per heavy atom. The number of rotatable bonds is 5. The minimum absolute atomic E-state index is 0.245. The first-order valence-corrected chi connectivity index (χ1v) is 6.46. The van der Waals surface area contributed by atoms with E-state index >= 15 is 0 Å². The molecule has 1 aromatic rings. The van der Waals surface area contributed by atoms with E-state index in [9.17, 15) is 0 Å². The molecule has 1 aromatic carbocycles. The maximum absolute atomic E-state index is 8.99. The van der Waals surface area contributed by atoms with Crippen LogP contribution in [0.25, 0.3) is 0 Å². The molecule has 1 aliphatic carbocycles. The van der Waals surface area contributed by atoms with Gasteiger partial charge in [0, 0.05) is 19.2 Å². The number of aryl methyl sites for hydroxylation is 1. The molecule has 0 spiro atoms. The normalized spacial score (nSPS) is 15.6. The molecule has 0 bridgehead atoms. The van der Waals surface area contributed by atoms with E-state index in [0.717, 1.165) is 24.3 Å². The van der Waals surface area contributed by atoms with Crippen LogP contribution in [-0.2, 0) is 0 Å². The van der Waals surface area contributed by atoms with Crippen LogP contribution in [0.3, 0.4) is 0 Å². The van der Waals surface area contributed by atoms with Crippen LogP contribution in [0.2, 0.25) is 0 Å². The van der Waals surface area contributed by atoms with E-state index in [1.165, 1.54) is 24.8 Å². The van der Waals surface area contributed by atoms with E-state index in [4.69, 9.17) is 10.8 Å². The lowest BCUT2D eigenvalue weighted by Crippen LogP contribution is -2.41. The Kier molecular flexibility index (Phi) is 3.89. The van der Waals surface area contributed by atoms with Gasteiger partial charge in [-0.3, -0.25) is 0 Å². The molecule has 3 N–H and O–H groups in total. The summed E-state index contributed by atoms with van der Waals surface area (Å²) < 4.78 is 0. The Morgan fingerprint density at radius 1 is 1.41 bits per heavy atom. The van der Waals surface area contributed by atoms with Crippen LogP contribution in [0.1, 0.15) is 31.2 Å². The lowest BCUT2D eigenvalue weighted by Gasteiger charge is -2.40. The Labute approximate surface area is 103 Å². The number of aliphatic hydroxyl groups excluding tert-OH is 1. The van der Waals surface area contributed by atoms with Gasteiger partial charge in [-0.15, -0.1) is 0 Å². The van der Waals surface area contributed by atoms with Crippen molar-refractivity contribution >= 4 is 11.4 Å². The van der Waals surface area contributed by atoms with Gasteiger partial charge in [-0.1, -0.05) is 6.07 Å². The van der Waals surface area contributed by atoms with E-state index in [1.807, 2.05) is 6.07 Å². The summed E-state index contributed by atoms with van der Waals surface area (Å²) in [5, 5.41) is 8.99. The summed E-state index contributed by atoms with van der Waals surface area (Å²) >= 11 is 0. The molecule has 0 aliphatic heterocycles. The third-order valence-corrected chi connectivity index (χ3v) is 3.57. The van der Waals surface area contributed by atoms with E-state index in [-0.39, 0.29) is 6.61 Å². The molecular weight excluding hydrogens is 212 g/mol. The smallest absolute Gasteiger partial charge is 0.0602 e. The van der Waals surface area contributed by atoms with Crippen molar-refractivity contribution in [1.82, 2.24) is 0 Å². The van der Waals surface area contributed by atoms with E-state index in [1.54, 1.807) is 0 Å². The van der Waals surface area contributed by atoms with Gasteiger partial charge in [0.1, 0.15) is 0 Å². The Hall–Kier alpha value is -1.22. The molecule has 0 heterocycles. The van der Waals surface area contributed by atoms with Gasteiger partial charge in [0.25, 0.3) is 0 Å². The van der Waals surface area contributed by atoms with Gasteiger partial charge in [-0.25, -0.2) is 0 Å². The van der Waals surface area contributed by atoms with Crippen molar-refractivity contribution in [3.05, 3.63) is 23.8 Å². The topological polar surface area (TPSA) is 49.5 Å². The molecule has 0 amide bonds. The van der Waals surface area contributed by atoms with E-state index in [2.05, 4.69) is 24.0 Å². The summed E-state index contributed by atoms with van der Waals surface area (Å²) in [6.45, 7) is 3.20. The number of aliphatic hydroxyl groups is 1. The molecule has 3 heteroatoms. The van der Waals surface area contributed by atoms with Gasteiger partial charge in [-0.05, 0) is 50.3 Å². The van der Waals surface area contributed by atoms with Crippen LogP contribution in [0, 0.1) is 6.92 Å².